The van der Waals surface area contributed by atoms with Crippen LogP contribution in [-0.4, -0.2) is 37.7 Å². The third kappa shape index (κ3) is 2.32. The van der Waals surface area contributed by atoms with Gasteiger partial charge in [-0.3, -0.25) is 4.99 Å². The molecule has 0 aromatic heterocycles. The van der Waals surface area contributed by atoms with Gasteiger partial charge in [-0.2, -0.15) is 0 Å². The molecule has 1 aromatic carbocycles. The first-order valence-electron chi connectivity index (χ1n) is 6.39. The van der Waals surface area contributed by atoms with Gasteiger partial charge in [-0.05, 0) is 19.9 Å². The van der Waals surface area contributed by atoms with Gasteiger partial charge in [0.15, 0.2) is 17.5 Å². The number of hydrogen-bond donors (Lipinski definition) is 1. The van der Waals surface area contributed by atoms with E-state index in [0.29, 0.717) is 12.5 Å². The Morgan fingerprint density at radius 2 is 2.05 bits per heavy atom. The second kappa shape index (κ2) is 5.38. The van der Waals surface area contributed by atoms with Crippen molar-refractivity contribution in [1.82, 2.24) is 4.90 Å². The molecule has 104 valence electrons. The van der Waals surface area contributed by atoms with E-state index in [0.717, 1.165) is 17.1 Å². The summed E-state index contributed by atoms with van der Waals surface area (Å²) >= 11 is 0. The van der Waals surface area contributed by atoms with Gasteiger partial charge in [0.2, 0.25) is 0 Å². The maximum absolute atomic E-state index is 5.97. The number of aliphatic imine (C=N–C) groups is 1. The van der Waals surface area contributed by atoms with Crippen LogP contribution in [0.25, 0.3) is 0 Å². The van der Waals surface area contributed by atoms with Crippen LogP contribution < -0.4 is 15.2 Å². The van der Waals surface area contributed by atoms with E-state index in [2.05, 4.69) is 23.7 Å². The molecule has 0 saturated carbocycles. The second-order valence-electron chi connectivity index (χ2n) is 4.80. The third-order valence-corrected chi connectivity index (χ3v) is 3.38. The van der Waals surface area contributed by atoms with Crippen LogP contribution in [-0.2, 0) is 0 Å². The van der Waals surface area contributed by atoms with Gasteiger partial charge in [0.25, 0.3) is 0 Å². The number of nitrogens with zero attached hydrogens (tertiary/aromatic N) is 2. The third-order valence-electron chi connectivity index (χ3n) is 3.38. The molecule has 1 aliphatic rings. The molecule has 1 aromatic rings. The molecule has 1 heterocycles. The molecule has 2 N–H and O–H groups in total. The normalized spacial score (nSPS) is 18.7. The number of benzene rings is 1. The average Bonchev–Trinajstić information content (AvgIpc) is 2.79. The van der Waals surface area contributed by atoms with E-state index < -0.39 is 0 Å². The van der Waals surface area contributed by atoms with Crippen LogP contribution >= 0.6 is 0 Å². The quantitative estimate of drug-likeness (QED) is 0.899. The van der Waals surface area contributed by atoms with Gasteiger partial charge in [-0.1, -0.05) is 12.1 Å². The zero-order valence-electron chi connectivity index (χ0n) is 11.9. The molecular weight excluding hydrogens is 242 g/mol. The predicted molar refractivity (Wildman–Crippen MR) is 75.8 cm³/mol. The van der Waals surface area contributed by atoms with Crippen LogP contribution in [0.2, 0.25) is 0 Å². The minimum atomic E-state index is 0.102. The lowest BCUT2D eigenvalue weighted by Gasteiger charge is -2.31. The Balaban J connectivity index is 2.42. The summed E-state index contributed by atoms with van der Waals surface area (Å²) in [6.45, 7) is 4.86. The lowest BCUT2D eigenvalue weighted by molar-refractivity contribution is 0.278. The fourth-order valence-corrected chi connectivity index (χ4v) is 2.56. The fraction of sp³-hybridized carbons (Fsp3) is 0.500. The first kappa shape index (κ1) is 13.5. The summed E-state index contributed by atoms with van der Waals surface area (Å²) in [6, 6.07) is 6.28. The van der Waals surface area contributed by atoms with Crippen molar-refractivity contribution in [2.75, 3.05) is 20.8 Å². The first-order valence-corrected chi connectivity index (χ1v) is 6.39. The summed E-state index contributed by atoms with van der Waals surface area (Å²) < 4.78 is 10.8. The average molecular weight is 263 g/mol. The molecule has 0 amide bonds. The molecule has 0 fully saturated rings. The van der Waals surface area contributed by atoms with Crippen LogP contribution in [0.3, 0.4) is 0 Å². The lowest BCUT2D eigenvalue weighted by Crippen LogP contribution is -2.41. The Morgan fingerprint density at radius 1 is 1.32 bits per heavy atom. The molecule has 0 radical (unpaired) electrons. The van der Waals surface area contributed by atoms with Crippen LogP contribution in [0.4, 0.5) is 0 Å². The maximum atomic E-state index is 5.97. The highest BCUT2D eigenvalue weighted by Crippen LogP contribution is 2.39. The molecule has 0 spiro atoms. The fourth-order valence-electron chi connectivity index (χ4n) is 2.56. The van der Waals surface area contributed by atoms with E-state index in [1.807, 2.05) is 18.2 Å². The SMILES string of the molecule is COc1cccc(C2CN=C(N)N2C(C)C)c1OC. The van der Waals surface area contributed by atoms with Crippen LogP contribution in [0.1, 0.15) is 25.5 Å². The summed E-state index contributed by atoms with van der Waals surface area (Å²) in [5.41, 5.74) is 7.03. The minimum Gasteiger partial charge on any atom is -0.493 e. The molecule has 5 nitrogen and oxygen atoms in total. The molecule has 0 aliphatic carbocycles. The van der Waals surface area contributed by atoms with Crippen molar-refractivity contribution >= 4 is 5.96 Å². The monoisotopic (exact) mass is 263 g/mol. The van der Waals surface area contributed by atoms with Crippen molar-refractivity contribution in [1.29, 1.82) is 0 Å². The Kier molecular flexibility index (Phi) is 3.83. The van der Waals surface area contributed by atoms with Gasteiger partial charge in [0, 0.05) is 11.6 Å². The standard InChI is InChI=1S/C14H21N3O2/c1-9(2)17-11(8-16-14(17)15)10-6-5-7-12(18-3)13(10)19-4/h5-7,9,11H,8H2,1-4H3,(H2,15,16). The molecule has 1 unspecified atom stereocenters. The zero-order chi connectivity index (χ0) is 14.0. The van der Waals surface area contributed by atoms with Gasteiger partial charge in [-0.25, -0.2) is 0 Å². The van der Waals surface area contributed by atoms with Gasteiger partial charge in [0.05, 0.1) is 26.8 Å². The Hall–Kier alpha value is -1.91. The highest BCUT2D eigenvalue weighted by atomic mass is 16.5. The summed E-state index contributed by atoms with van der Waals surface area (Å²) in [7, 11) is 3.29. The molecule has 5 heteroatoms. The molecule has 0 bridgehead atoms. The van der Waals surface area contributed by atoms with Crippen molar-refractivity contribution in [3.05, 3.63) is 23.8 Å². The lowest BCUT2D eigenvalue weighted by atomic mass is 10.0. The van der Waals surface area contributed by atoms with Crippen molar-refractivity contribution in [2.24, 2.45) is 10.7 Å². The maximum Gasteiger partial charge on any atom is 0.192 e. The van der Waals surface area contributed by atoms with E-state index in [1.165, 1.54) is 0 Å². The highest BCUT2D eigenvalue weighted by Gasteiger charge is 2.32. The number of methoxy groups -OCH3 is 2. The van der Waals surface area contributed by atoms with E-state index in [9.17, 15) is 0 Å². The van der Waals surface area contributed by atoms with Gasteiger partial charge < -0.3 is 20.1 Å². The molecule has 2 rings (SSSR count). The summed E-state index contributed by atoms with van der Waals surface area (Å²) in [6.07, 6.45) is 0. The number of para-hydroxylation sites is 1. The Labute approximate surface area is 114 Å². The zero-order valence-corrected chi connectivity index (χ0v) is 11.9. The van der Waals surface area contributed by atoms with Crippen LogP contribution in [0.15, 0.2) is 23.2 Å². The first-order chi connectivity index (χ1) is 9.10. The number of guanidine groups is 1. The van der Waals surface area contributed by atoms with Gasteiger partial charge in [0.1, 0.15) is 0 Å². The van der Waals surface area contributed by atoms with Crippen molar-refractivity contribution in [3.63, 3.8) is 0 Å². The predicted octanol–water partition coefficient (Wildman–Crippen LogP) is 1.78. The molecule has 19 heavy (non-hydrogen) atoms. The van der Waals surface area contributed by atoms with E-state index in [-0.39, 0.29) is 12.1 Å². The van der Waals surface area contributed by atoms with Crippen molar-refractivity contribution in [3.8, 4) is 11.5 Å². The highest BCUT2D eigenvalue weighted by molar-refractivity contribution is 5.81. The van der Waals surface area contributed by atoms with E-state index in [1.54, 1.807) is 14.2 Å². The molecule has 1 atom stereocenters. The Bertz CT molecular complexity index is 486. The van der Waals surface area contributed by atoms with Crippen LogP contribution in [0, 0.1) is 0 Å². The van der Waals surface area contributed by atoms with Crippen molar-refractivity contribution < 1.29 is 9.47 Å². The topological polar surface area (TPSA) is 60.1 Å². The second-order valence-corrected chi connectivity index (χ2v) is 4.80. The largest absolute Gasteiger partial charge is 0.493 e. The summed E-state index contributed by atoms with van der Waals surface area (Å²) in [4.78, 5) is 6.46. The van der Waals surface area contributed by atoms with Crippen LogP contribution in [0.5, 0.6) is 11.5 Å². The van der Waals surface area contributed by atoms with Gasteiger partial charge >= 0.3 is 0 Å². The number of nitrogens with two attached hydrogens (primary N) is 1. The van der Waals surface area contributed by atoms with E-state index in [4.69, 9.17) is 15.2 Å². The minimum absolute atomic E-state index is 0.102. The Morgan fingerprint density at radius 3 is 2.63 bits per heavy atom. The van der Waals surface area contributed by atoms with Gasteiger partial charge in [-0.15, -0.1) is 0 Å². The van der Waals surface area contributed by atoms with Crippen molar-refractivity contribution in [2.45, 2.75) is 25.9 Å². The number of hydrogen-bond acceptors (Lipinski definition) is 5. The summed E-state index contributed by atoms with van der Waals surface area (Å²) in [5, 5.41) is 0. The molecule has 1 aliphatic heterocycles. The van der Waals surface area contributed by atoms with E-state index >= 15 is 0 Å². The smallest absolute Gasteiger partial charge is 0.192 e. The number of ether oxygens (including phenoxy) is 2. The molecular formula is C14H21N3O2. The summed E-state index contributed by atoms with van der Waals surface area (Å²) in [5.74, 6) is 2.07. The molecule has 0 saturated heterocycles. The number of rotatable bonds is 4.